The smallest absolute Gasteiger partial charge is 0.0780 e. The van der Waals surface area contributed by atoms with Crippen LogP contribution < -0.4 is 4.90 Å². The molecule has 0 bridgehead atoms. The van der Waals surface area contributed by atoms with E-state index >= 15 is 0 Å². The molecule has 0 atom stereocenters. The Kier molecular flexibility index (Phi) is 5.98. The van der Waals surface area contributed by atoms with Gasteiger partial charge in [-0.1, -0.05) is 74.6 Å². The highest BCUT2D eigenvalue weighted by Gasteiger charge is 2.24. The predicted molar refractivity (Wildman–Crippen MR) is 116 cm³/mol. The van der Waals surface area contributed by atoms with E-state index in [-0.39, 0.29) is 5.41 Å². The van der Waals surface area contributed by atoms with Crippen LogP contribution in [0.1, 0.15) is 37.8 Å². The average molecular weight is 367 g/mol. The maximum atomic E-state index is 5.78. The first-order valence-corrected chi connectivity index (χ1v) is 10.0. The van der Waals surface area contributed by atoms with Gasteiger partial charge in [0.25, 0.3) is 0 Å². The Labute approximate surface area is 163 Å². The highest BCUT2D eigenvalue weighted by Crippen LogP contribution is 2.29. The molecule has 2 aromatic rings. The molecule has 0 aliphatic carbocycles. The van der Waals surface area contributed by atoms with Crippen LogP contribution in [-0.2, 0) is 5.41 Å². The number of piperazine rings is 1. The topological polar surface area (TPSA) is 6.48 Å². The molecule has 0 amide bonds. The molecule has 2 aromatic carbocycles. The maximum absolute atomic E-state index is 5.78. The zero-order valence-corrected chi connectivity index (χ0v) is 17.1. The van der Waals surface area contributed by atoms with Gasteiger partial charge in [-0.15, -0.1) is 0 Å². The van der Waals surface area contributed by atoms with E-state index in [2.05, 4.69) is 85.2 Å². The number of para-hydroxylation sites is 1. The summed E-state index contributed by atoms with van der Waals surface area (Å²) in [5, 5.41) is 0. The summed E-state index contributed by atoms with van der Waals surface area (Å²) < 4.78 is 0. The lowest BCUT2D eigenvalue weighted by Crippen LogP contribution is -2.48. The van der Waals surface area contributed by atoms with Crippen molar-refractivity contribution in [2.75, 3.05) is 31.1 Å². The standard InChI is InChI=1S/C23H30N2S/c1-19-9-7-8-12-21(19)24-15-17-25(18-16-24)22(26)13-14-23(2,3)20-10-5-4-6-11-20/h4-12H,13-18H2,1-3H3. The molecule has 0 saturated carbocycles. The molecule has 3 rings (SSSR count). The number of hydrogen-bond acceptors (Lipinski definition) is 2. The van der Waals surface area contributed by atoms with Gasteiger partial charge in [0, 0.05) is 31.9 Å². The van der Waals surface area contributed by atoms with Gasteiger partial charge >= 0.3 is 0 Å². The summed E-state index contributed by atoms with van der Waals surface area (Å²) in [4.78, 5) is 6.02. The minimum absolute atomic E-state index is 0.161. The zero-order valence-electron chi connectivity index (χ0n) is 16.2. The summed E-state index contributed by atoms with van der Waals surface area (Å²) >= 11 is 5.78. The highest BCUT2D eigenvalue weighted by molar-refractivity contribution is 7.80. The Morgan fingerprint density at radius 1 is 0.923 bits per heavy atom. The van der Waals surface area contributed by atoms with E-state index in [0.717, 1.165) is 44.0 Å². The van der Waals surface area contributed by atoms with E-state index in [4.69, 9.17) is 12.2 Å². The summed E-state index contributed by atoms with van der Waals surface area (Å²) in [6.07, 6.45) is 2.08. The molecule has 1 saturated heterocycles. The van der Waals surface area contributed by atoms with E-state index in [1.165, 1.54) is 16.8 Å². The van der Waals surface area contributed by atoms with Crippen molar-refractivity contribution in [1.82, 2.24) is 4.90 Å². The first kappa shape index (κ1) is 18.9. The first-order valence-electron chi connectivity index (χ1n) is 9.61. The number of hydrogen-bond donors (Lipinski definition) is 0. The molecule has 1 heterocycles. The van der Waals surface area contributed by atoms with Gasteiger partial charge in [-0.25, -0.2) is 0 Å². The summed E-state index contributed by atoms with van der Waals surface area (Å²) in [7, 11) is 0. The SMILES string of the molecule is Cc1ccccc1N1CCN(C(=S)CCC(C)(C)c2ccccc2)CC1. The summed E-state index contributed by atoms with van der Waals surface area (Å²) in [6, 6.07) is 19.4. The van der Waals surface area contributed by atoms with Crippen LogP contribution in [0.2, 0.25) is 0 Å². The second-order valence-corrected chi connectivity index (χ2v) is 8.38. The van der Waals surface area contributed by atoms with Crippen LogP contribution >= 0.6 is 12.2 Å². The third-order valence-corrected chi connectivity index (χ3v) is 6.07. The number of benzene rings is 2. The predicted octanol–water partition coefficient (Wildman–Crippen LogP) is 5.20. The van der Waals surface area contributed by atoms with Crippen molar-refractivity contribution in [3.63, 3.8) is 0 Å². The van der Waals surface area contributed by atoms with Crippen molar-refractivity contribution in [1.29, 1.82) is 0 Å². The molecule has 26 heavy (non-hydrogen) atoms. The number of thiocarbonyl (C=S) groups is 1. The fourth-order valence-electron chi connectivity index (χ4n) is 3.73. The van der Waals surface area contributed by atoms with Crippen LogP contribution in [0.5, 0.6) is 0 Å². The average Bonchev–Trinajstić information content (AvgIpc) is 2.67. The number of anilines is 1. The number of aryl methyl sites for hydroxylation is 1. The van der Waals surface area contributed by atoms with Gasteiger partial charge in [-0.3, -0.25) is 0 Å². The van der Waals surface area contributed by atoms with Crippen molar-refractivity contribution in [3.05, 3.63) is 65.7 Å². The molecule has 1 fully saturated rings. The van der Waals surface area contributed by atoms with Gasteiger partial charge in [0.15, 0.2) is 0 Å². The Balaban J connectivity index is 1.52. The lowest BCUT2D eigenvalue weighted by Gasteiger charge is -2.38. The van der Waals surface area contributed by atoms with Crippen molar-refractivity contribution < 1.29 is 0 Å². The largest absolute Gasteiger partial charge is 0.368 e. The van der Waals surface area contributed by atoms with E-state index in [0.29, 0.717) is 0 Å². The molecule has 138 valence electrons. The third-order valence-electron chi connectivity index (χ3n) is 5.61. The fourth-order valence-corrected chi connectivity index (χ4v) is 4.01. The van der Waals surface area contributed by atoms with E-state index in [1.54, 1.807) is 0 Å². The number of nitrogens with zero attached hydrogens (tertiary/aromatic N) is 2. The van der Waals surface area contributed by atoms with Gasteiger partial charge in [0.1, 0.15) is 0 Å². The van der Waals surface area contributed by atoms with Gasteiger partial charge in [0.2, 0.25) is 0 Å². The van der Waals surface area contributed by atoms with Crippen LogP contribution in [0.3, 0.4) is 0 Å². The van der Waals surface area contributed by atoms with E-state index in [1.807, 2.05) is 0 Å². The fraction of sp³-hybridized carbons (Fsp3) is 0.435. The molecule has 0 radical (unpaired) electrons. The lowest BCUT2D eigenvalue weighted by molar-refractivity contribution is 0.377. The van der Waals surface area contributed by atoms with Gasteiger partial charge < -0.3 is 9.80 Å². The second kappa shape index (κ2) is 8.22. The first-order chi connectivity index (χ1) is 12.5. The van der Waals surface area contributed by atoms with E-state index < -0.39 is 0 Å². The van der Waals surface area contributed by atoms with Crippen LogP contribution in [0.4, 0.5) is 5.69 Å². The van der Waals surface area contributed by atoms with Crippen LogP contribution in [0.15, 0.2) is 54.6 Å². The summed E-state index contributed by atoms with van der Waals surface area (Å²) in [5.41, 5.74) is 4.28. The normalized spacial score (nSPS) is 15.2. The Morgan fingerprint density at radius 3 is 2.19 bits per heavy atom. The lowest BCUT2D eigenvalue weighted by atomic mass is 9.80. The zero-order chi connectivity index (χ0) is 18.6. The molecule has 2 nitrogen and oxygen atoms in total. The van der Waals surface area contributed by atoms with Gasteiger partial charge in [-0.2, -0.15) is 0 Å². The molecule has 1 aliphatic heterocycles. The Bertz CT molecular complexity index is 731. The summed E-state index contributed by atoms with van der Waals surface area (Å²) in [6.45, 7) is 11.0. The molecular weight excluding hydrogens is 336 g/mol. The van der Waals surface area contributed by atoms with Crippen molar-refractivity contribution in [2.45, 2.75) is 39.0 Å². The minimum Gasteiger partial charge on any atom is -0.368 e. The van der Waals surface area contributed by atoms with Gasteiger partial charge in [-0.05, 0) is 42.4 Å². The van der Waals surface area contributed by atoms with Crippen molar-refractivity contribution in [2.24, 2.45) is 0 Å². The van der Waals surface area contributed by atoms with Crippen molar-refractivity contribution >= 4 is 22.9 Å². The third kappa shape index (κ3) is 4.45. The molecule has 0 unspecified atom stereocenters. The van der Waals surface area contributed by atoms with Crippen LogP contribution in [-0.4, -0.2) is 36.1 Å². The molecule has 0 N–H and O–H groups in total. The second-order valence-electron chi connectivity index (χ2n) is 7.90. The molecule has 0 spiro atoms. The monoisotopic (exact) mass is 366 g/mol. The summed E-state index contributed by atoms with van der Waals surface area (Å²) in [5.74, 6) is 0. The van der Waals surface area contributed by atoms with Gasteiger partial charge in [0.05, 0.1) is 4.99 Å². The Morgan fingerprint density at radius 2 is 1.54 bits per heavy atom. The molecule has 3 heteroatoms. The Hall–Kier alpha value is -1.87. The van der Waals surface area contributed by atoms with E-state index in [9.17, 15) is 0 Å². The quantitative estimate of drug-likeness (QED) is 0.671. The van der Waals surface area contributed by atoms with Crippen LogP contribution in [0.25, 0.3) is 0 Å². The maximum Gasteiger partial charge on any atom is 0.0780 e. The molecule has 0 aromatic heterocycles. The molecule has 1 aliphatic rings. The molecular formula is C23H30N2S. The highest BCUT2D eigenvalue weighted by atomic mass is 32.1. The van der Waals surface area contributed by atoms with Crippen LogP contribution in [0, 0.1) is 6.92 Å². The minimum atomic E-state index is 0.161. The van der Waals surface area contributed by atoms with Crippen molar-refractivity contribution in [3.8, 4) is 0 Å². The number of rotatable bonds is 5.